The highest BCUT2D eigenvalue weighted by atomic mass is 16.2. The summed E-state index contributed by atoms with van der Waals surface area (Å²) in [5, 5.41) is 3.06. The third-order valence-electron chi connectivity index (χ3n) is 3.78. The zero-order valence-corrected chi connectivity index (χ0v) is 10.9. The first-order chi connectivity index (χ1) is 7.48. The van der Waals surface area contributed by atoms with Crippen molar-refractivity contribution in [2.24, 2.45) is 11.7 Å². The third-order valence-corrected chi connectivity index (χ3v) is 3.78. The quantitative estimate of drug-likeness (QED) is 0.755. The monoisotopic (exact) mass is 226 g/mol. The Kier molecular flexibility index (Phi) is 4.78. The Bertz CT molecular complexity index is 234. The normalized spacial score (nSPS) is 22.8. The molecule has 2 atom stereocenters. The Morgan fingerprint density at radius 2 is 1.94 bits per heavy atom. The highest BCUT2D eigenvalue weighted by molar-refractivity contribution is 5.86. The van der Waals surface area contributed by atoms with E-state index in [2.05, 4.69) is 26.1 Å². The number of nitrogens with two attached hydrogens (primary N) is 1. The maximum absolute atomic E-state index is 12.0. The molecule has 0 aromatic heterocycles. The molecule has 3 nitrogen and oxygen atoms in total. The lowest BCUT2D eigenvalue weighted by molar-refractivity contribution is -0.126. The zero-order valence-electron chi connectivity index (χ0n) is 10.9. The molecule has 3 N–H and O–H groups in total. The molecule has 1 aliphatic carbocycles. The number of amides is 1. The van der Waals surface area contributed by atoms with E-state index >= 15 is 0 Å². The highest BCUT2D eigenvalue weighted by Gasteiger charge is 2.37. The number of hydrogen-bond donors (Lipinski definition) is 2. The van der Waals surface area contributed by atoms with Crippen molar-refractivity contribution in [1.29, 1.82) is 0 Å². The molecule has 16 heavy (non-hydrogen) atoms. The van der Waals surface area contributed by atoms with Crippen LogP contribution in [0.1, 0.15) is 59.3 Å². The van der Waals surface area contributed by atoms with E-state index in [1.807, 2.05) is 0 Å². The summed E-state index contributed by atoms with van der Waals surface area (Å²) >= 11 is 0. The van der Waals surface area contributed by atoms with Gasteiger partial charge in [0, 0.05) is 6.04 Å². The molecule has 0 aromatic carbocycles. The average Bonchev–Trinajstić information content (AvgIpc) is 2.66. The van der Waals surface area contributed by atoms with E-state index in [9.17, 15) is 4.79 Å². The fourth-order valence-electron chi connectivity index (χ4n) is 2.43. The number of rotatable bonds is 5. The molecular formula is C13H26N2O. The van der Waals surface area contributed by atoms with Crippen molar-refractivity contribution in [2.75, 3.05) is 0 Å². The Hall–Kier alpha value is -0.570. The van der Waals surface area contributed by atoms with Gasteiger partial charge in [0.25, 0.3) is 0 Å². The molecule has 1 saturated carbocycles. The molecule has 0 saturated heterocycles. The zero-order chi connectivity index (χ0) is 12.2. The molecule has 0 radical (unpaired) electrons. The summed E-state index contributed by atoms with van der Waals surface area (Å²) in [7, 11) is 0. The second-order valence-corrected chi connectivity index (χ2v) is 5.49. The van der Waals surface area contributed by atoms with Crippen LogP contribution in [0.4, 0.5) is 0 Å². The molecule has 0 heterocycles. The van der Waals surface area contributed by atoms with E-state index in [-0.39, 0.29) is 11.9 Å². The van der Waals surface area contributed by atoms with Gasteiger partial charge in [-0.3, -0.25) is 4.79 Å². The molecule has 3 heteroatoms. The smallest absolute Gasteiger partial charge is 0.240 e. The van der Waals surface area contributed by atoms with E-state index < -0.39 is 5.54 Å². The van der Waals surface area contributed by atoms with Gasteiger partial charge in [-0.05, 0) is 32.1 Å². The van der Waals surface area contributed by atoms with Crippen LogP contribution < -0.4 is 11.1 Å². The minimum Gasteiger partial charge on any atom is -0.352 e. The van der Waals surface area contributed by atoms with Crippen molar-refractivity contribution >= 4 is 5.91 Å². The molecule has 1 aliphatic rings. The molecule has 1 fully saturated rings. The second kappa shape index (κ2) is 5.67. The van der Waals surface area contributed by atoms with Crippen molar-refractivity contribution in [1.82, 2.24) is 5.32 Å². The third kappa shape index (κ3) is 3.48. The SMILES string of the molecule is CCC(C)CC(C)NC(=O)C1(N)CCCC1. The second-order valence-electron chi connectivity index (χ2n) is 5.49. The summed E-state index contributed by atoms with van der Waals surface area (Å²) in [4.78, 5) is 12.0. The molecule has 0 bridgehead atoms. The van der Waals surface area contributed by atoms with Crippen LogP contribution in [0.2, 0.25) is 0 Å². The molecule has 2 unspecified atom stereocenters. The van der Waals surface area contributed by atoms with Gasteiger partial charge in [-0.15, -0.1) is 0 Å². The summed E-state index contributed by atoms with van der Waals surface area (Å²) in [6.45, 7) is 6.47. The number of nitrogens with one attached hydrogen (secondary N) is 1. The van der Waals surface area contributed by atoms with Crippen LogP contribution in [-0.4, -0.2) is 17.5 Å². The minimum atomic E-state index is -0.580. The summed E-state index contributed by atoms with van der Waals surface area (Å²) < 4.78 is 0. The molecule has 1 amide bonds. The van der Waals surface area contributed by atoms with Crippen LogP contribution in [0.5, 0.6) is 0 Å². The van der Waals surface area contributed by atoms with Gasteiger partial charge in [0.1, 0.15) is 0 Å². The van der Waals surface area contributed by atoms with Crippen LogP contribution in [0.3, 0.4) is 0 Å². The Labute approximate surface area is 99.2 Å². The van der Waals surface area contributed by atoms with E-state index in [0.717, 1.165) is 38.5 Å². The Morgan fingerprint density at radius 3 is 2.44 bits per heavy atom. The fraction of sp³-hybridized carbons (Fsp3) is 0.923. The molecule has 0 aliphatic heterocycles. The Morgan fingerprint density at radius 1 is 1.38 bits per heavy atom. The van der Waals surface area contributed by atoms with Crippen molar-refractivity contribution < 1.29 is 4.79 Å². The first-order valence-corrected chi connectivity index (χ1v) is 6.58. The number of carbonyl (C=O) groups is 1. The van der Waals surface area contributed by atoms with Crippen LogP contribution >= 0.6 is 0 Å². The van der Waals surface area contributed by atoms with Crippen LogP contribution in [0, 0.1) is 5.92 Å². The average molecular weight is 226 g/mol. The highest BCUT2D eigenvalue weighted by Crippen LogP contribution is 2.27. The molecule has 1 rings (SSSR count). The summed E-state index contributed by atoms with van der Waals surface area (Å²) in [6.07, 6.45) is 6.06. The maximum atomic E-state index is 12.0. The van der Waals surface area contributed by atoms with Gasteiger partial charge >= 0.3 is 0 Å². The Balaban J connectivity index is 2.38. The van der Waals surface area contributed by atoms with Crippen LogP contribution in [0.15, 0.2) is 0 Å². The molecule has 0 spiro atoms. The van der Waals surface area contributed by atoms with E-state index in [4.69, 9.17) is 5.73 Å². The molecule has 94 valence electrons. The lowest BCUT2D eigenvalue weighted by atomic mass is 9.96. The van der Waals surface area contributed by atoms with Crippen LogP contribution in [-0.2, 0) is 4.79 Å². The first-order valence-electron chi connectivity index (χ1n) is 6.58. The van der Waals surface area contributed by atoms with Gasteiger partial charge in [-0.1, -0.05) is 33.1 Å². The first kappa shape index (κ1) is 13.5. The van der Waals surface area contributed by atoms with E-state index in [1.165, 1.54) is 0 Å². The number of hydrogen-bond acceptors (Lipinski definition) is 2. The molecular weight excluding hydrogens is 200 g/mol. The largest absolute Gasteiger partial charge is 0.352 e. The predicted octanol–water partition coefficient (Wildman–Crippen LogP) is 2.20. The molecule has 0 aromatic rings. The lowest BCUT2D eigenvalue weighted by Crippen LogP contribution is -2.54. The van der Waals surface area contributed by atoms with Crippen LogP contribution in [0.25, 0.3) is 0 Å². The van der Waals surface area contributed by atoms with Gasteiger partial charge in [0.2, 0.25) is 5.91 Å². The summed E-state index contributed by atoms with van der Waals surface area (Å²) in [6, 6.07) is 0.239. The fourth-order valence-corrected chi connectivity index (χ4v) is 2.43. The van der Waals surface area contributed by atoms with Gasteiger partial charge in [-0.2, -0.15) is 0 Å². The van der Waals surface area contributed by atoms with Crippen molar-refractivity contribution in [3.8, 4) is 0 Å². The number of carbonyl (C=O) groups excluding carboxylic acids is 1. The van der Waals surface area contributed by atoms with Crippen molar-refractivity contribution in [3.05, 3.63) is 0 Å². The van der Waals surface area contributed by atoms with Gasteiger partial charge in [0.05, 0.1) is 5.54 Å². The van der Waals surface area contributed by atoms with Crippen molar-refractivity contribution in [3.63, 3.8) is 0 Å². The van der Waals surface area contributed by atoms with Gasteiger partial charge < -0.3 is 11.1 Å². The van der Waals surface area contributed by atoms with E-state index in [1.54, 1.807) is 0 Å². The van der Waals surface area contributed by atoms with Gasteiger partial charge in [-0.25, -0.2) is 0 Å². The van der Waals surface area contributed by atoms with Crippen molar-refractivity contribution in [2.45, 2.75) is 70.9 Å². The topological polar surface area (TPSA) is 55.1 Å². The summed E-state index contributed by atoms with van der Waals surface area (Å²) in [5.74, 6) is 0.716. The maximum Gasteiger partial charge on any atom is 0.240 e. The van der Waals surface area contributed by atoms with E-state index in [0.29, 0.717) is 5.92 Å². The predicted molar refractivity (Wildman–Crippen MR) is 67.1 cm³/mol. The van der Waals surface area contributed by atoms with Gasteiger partial charge in [0.15, 0.2) is 0 Å². The minimum absolute atomic E-state index is 0.0563. The lowest BCUT2D eigenvalue weighted by Gasteiger charge is -2.26. The standard InChI is InChI=1S/C13H26N2O/c1-4-10(2)9-11(3)15-12(16)13(14)7-5-6-8-13/h10-11H,4-9,14H2,1-3H3,(H,15,16). The summed E-state index contributed by atoms with van der Waals surface area (Å²) in [5.41, 5.74) is 5.52.